The molecule has 0 radical (unpaired) electrons. The summed E-state index contributed by atoms with van der Waals surface area (Å²) in [7, 11) is 3.21. The number of fused-ring (bicyclic) bond motifs is 3. The molecule has 43 heavy (non-hydrogen) atoms. The molecule has 0 spiro atoms. The molecular weight excluding hydrogens is 564 g/mol. The minimum absolute atomic E-state index is 0.155. The Morgan fingerprint density at radius 2 is 1.79 bits per heavy atom. The number of hydrogen-bond donors (Lipinski definition) is 1. The molecule has 1 aliphatic heterocycles. The Morgan fingerprint density at radius 1 is 1.00 bits per heavy atom. The van der Waals surface area contributed by atoms with Crippen LogP contribution in [0.5, 0.6) is 11.5 Å². The van der Waals surface area contributed by atoms with E-state index in [1.165, 1.54) is 29.0 Å². The first-order valence-corrected chi connectivity index (χ1v) is 14.6. The van der Waals surface area contributed by atoms with Crippen molar-refractivity contribution in [3.63, 3.8) is 0 Å². The van der Waals surface area contributed by atoms with E-state index in [9.17, 15) is 14.7 Å². The van der Waals surface area contributed by atoms with Crippen molar-refractivity contribution in [2.75, 3.05) is 14.2 Å². The molecule has 3 aromatic carbocycles. The fourth-order valence-electron chi connectivity index (χ4n) is 5.84. The van der Waals surface area contributed by atoms with Gasteiger partial charge in [-0.15, -0.1) is 0 Å². The number of allylic oxidation sites excluding steroid dienone is 1. The molecule has 1 atom stereocenters. The molecule has 1 N–H and O–H groups in total. The lowest BCUT2D eigenvalue weighted by Crippen LogP contribution is -2.38. The number of aromatic carboxylic acids is 1. The number of ether oxygens (including phenoxy) is 2. The Morgan fingerprint density at radius 3 is 2.56 bits per heavy atom. The highest BCUT2D eigenvalue weighted by atomic mass is 32.1. The summed E-state index contributed by atoms with van der Waals surface area (Å²) in [6, 6.07) is 23.8. The van der Waals surface area contributed by atoms with Crippen molar-refractivity contribution in [3.05, 3.63) is 132 Å². The van der Waals surface area contributed by atoms with Crippen LogP contribution in [0.4, 0.5) is 0 Å². The maximum Gasteiger partial charge on any atom is 0.335 e. The van der Waals surface area contributed by atoms with Gasteiger partial charge in [0.2, 0.25) is 0 Å². The summed E-state index contributed by atoms with van der Waals surface area (Å²) >= 11 is 1.33. The lowest BCUT2D eigenvalue weighted by molar-refractivity contribution is 0.0697. The van der Waals surface area contributed by atoms with E-state index in [1.807, 2.05) is 30.3 Å². The molecule has 0 amide bonds. The third-order valence-corrected chi connectivity index (χ3v) is 8.90. The smallest absolute Gasteiger partial charge is 0.335 e. The Balaban J connectivity index is 1.37. The number of aromatic nitrogens is 1. The molecule has 2 aromatic heterocycles. The predicted molar refractivity (Wildman–Crippen MR) is 163 cm³/mol. The van der Waals surface area contributed by atoms with Gasteiger partial charge in [0.1, 0.15) is 11.5 Å². The molecule has 9 heteroatoms. The number of nitrogens with zero attached hydrogens (tertiary/aromatic N) is 2. The maximum absolute atomic E-state index is 14.1. The molecule has 5 aromatic rings. The van der Waals surface area contributed by atoms with Crippen molar-refractivity contribution in [1.82, 2.24) is 4.57 Å². The average Bonchev–Trinajstić information content (AvgIpc) is 3.63. The van der Waals surface area contributed by atoms with Gasteiger partial charge in [-0.1, -0.05) is 53.8 Å². The minimum Gasteiger partial charge on any atom is -0.493 e. The fraction of sp³-hybridized carbons (Fsp3) is 0.147. The molecule has 3 heterocycles. The standard InChI is InChI=1S/C34H26N2O6S/c1-40-27-15-12-22(17-28(27)41-2)31-25-14-11-19-5-3-4-6-24(19)30(25)35-34-36(31)32(37)29(43-34)18-23-13-16-26(42-23)20-7-9-21(10-8-20)33(38)39/h3-10,12-13,15-18,31H,11,14H2,1-2H3,(H,38,39)/b29-18-/t31-/m1/s1. The summed E-state index contributed by atoms with van der Waals surface area (Å²) in [6.07, 6.45) is 3.38. The second-order valence-corrected chi connectivity index (χ2v) is 11.3. The van der Waals surface area contributed by atoms with Crippen LogP contribution in [0.25, 0.3) is 23.1 Å². The summed E-state index contributed by atoms with van der Waals surface area (Å²) in [5.74, 6) is 1.31. The second kappa shape index (κ2) is 10.6. The number of benzene rings is 3. The van der Waals surface area contributed by atoms with Crippen molar-refractivity contribution in [3.8, 4) is 22.8 Å². The van der Waals surface area contributed by atoms with Crippen LogP contribution in [0.2, 0.25) is 0 Å². The van der Waals surface area contributed by atoms with Gasteiger partial charge >= 0.3 is 5.97 Å². The molecule has 0 saturated heterocycles. The third-order valence-electron chi connectivity index (χ3n) is 7.91. The van der Waals surface area contributed by atoms with E-state index in [1.54, 1.807) is 49.1 Å². The second-order valence-electron chi connectivity index (χ2n) is 10.3. The Kier molecular flexibility index (Phi) is 6.59. The number of carbonyl (C=O) groups is 1. The van der Waals surface area contributed by atoms with Crippen LogP contribution in [0.15, 0.2) is 98.6 Å². The van der Waals surface area contributed by atoms with Gasteiger partial charge in [0.25, 0.3) is 5.56 Å². The van der Waals surface area contributed by atoms with Crippen LogP contribution in [-0.2, 0) is 6.42 Å². The van der Waals surface area contributed by atoms with Crippen molar-refractivity contribution in [1.29, 1.82) is 0 Å². The number of hydrogen-bond acceptors (Lipinski definition) is 7. The van der Waals surface area contributed by atoms with E-state index in [0.29, 0.717) is 32.4 Å². The number of furan rings is 1. The molecule has 0 unspecified atom stereocenters. The van der Waals surface area contributed by atoms with E-state index in [2.05, 4.69) is 12.1 Å². The number of rotatable bonds is 6. The van der Waals surface area contributed by atoms with Gasteiger partial charge in [-0.25, -0.2) is 9.79 Å². The van der Waals surface area contributed by atoms with Gasteiger partial charge in [-0.05, 0) is 65.9 Å². The summed E-state index contributed by atoms with van der Waals surface area (Å²) in [6.45, 7) is 0. The zero-order valence-electron chi connectivity index (χ0n) is 23.4. The van der Waals surface area contributed by atoms with E-state index >= 15 is 0 Å². The lowest BCUT2D eigenvalue weighted by atomic mass is 9.83. The highest BCUT2D eigenvalue weighted by Crippen LogP contribution is 2.42. The van der Waals surface area contributed by atoms with Gasteiger partial charge in [-0.2, -0.15) is 0 Å². The van der Waals surface area contributed by atoms with E-state index in [0.717, 1.165) is 40.8 Å². The molecule has 0 saturated carbocycles. The first-order chi connectivity index (χ1) is 20.9. The van der Waals surface area contributed by atoms with Crippen LogP contribution in [0.3, 0.4) is 0 Å². The van der Waals surface area contributed by atoms with E-state index < -0.39 is 5.97 Å². The van der Waals surface area contributed by atoms with Gasteiger partial charge in [-0.3, -0.25) is 9.36 Å². The van der Waals surface area contributed by atoms with Crippen LogP contribution in [0, 0.1) is 0 Å². The Hall–Kier alpha value is -5.15. The SMILES string of the molecule is COc1ccc([C@@H]2C3=C(N=c4s/c(=C\c5ccc(-c6ccc(C(=O)O)cc6)o5)c(=O)n42)c2ccccc2CC3)cc1OC. The fourth-order valence-corrected chi connectivity index (χ4v) is 6.82. The van der Waals surface area contributed by atoms with E-state index in [4.69, 9.17) is 18.9 Å². The molecular formula is C34H26N2O6S. The first-order valence-electron chi connectivity index (χ1n) is 13.7. The van der Waals surface area contributed by atoms with Crippen LogP contribution < -0.4 is 24.4 Å². The third kappa shape index (κ3) is 4.58. The summed E-state index contributed by atoms with van der Waals surface area (Å²) < 4.78 is 19.4. The number of carboxylic acids is 1. The molecule has 0 fully saturated rings. The quantitative estimate of drug-likeness (QED) is 0.288. The van der Waals surface area contributed by atoms with Crippen molar-refractivity contribution in [2.24, 2.45) is 4.99 Å². The van der Waals surface area contributed by atoms with Crippen LogP contribution in [-0.4, -0.2) is 29.9 Å². The molecule has 0 bridgehead atoms. The van der Waals surface area contributed by atoms with Crippen molar-refractivity contribution >= 4 is 29.1 Å². The van der Waals surface area contributed by atoms with E-state index in [-0.39, 0.29) is 17.2 Å². The van der Waals surface area contributed by atoms with Gasteiger partial charge in [0.05, 0.1) is 36.1 Å². The molecule has 2 aliphatic rings. The predicted octanol–water partition coefficient (Wildman–Crippen LogP) is 5.29. The lowest BCUT2D eigenvalue weighted by Gasteiger charge is -2.31. The first kappa shape index (κ1) is 26.7. The largest absolute Gasteiger partial charge is 0.493 e. The average molecular weight is 591 g/mol. The molecule has 7 rings (SSSR count). The highest BCUT2D eigenvalue weighted by Gasteiger charge is 2.33. The van der Waals surface area contributed by atoms with Gasteiger partial charge < -0.3 is 19.0 Å². The van der Waals surface area contributed by atoms with Crippen molar-refractivity contribution in [2.45, 2.75) is 18.9 Å². The normalized spacial score (nSPS) is 15.8. The zero-order valence-corrected chi connectivity index (χ0v) is 24.2. The number of methoxy groups -OCH3 is 2. The van der Waals surface area contributed by atoms with Gasteiger partial charge in [0.15, 0.2) is 16.3 Å². The molecule has 8 nitrogen and oxygen atoms in total. The zero-order chi connectivity index (χ0) is 29.7. The summed E-state index contributed by atoms with van der Waals surface area (Å²) in [4.78, 5) is 31.0. The molecule has 1 aliphatic carbocycles. The number of thiazole rings is 1. The van der Waals surface area contributed by atoms with Crippen LogP contribution >= 0.6 is 11.3 Å². The highest BCUT2D eigenvalue weighted by molar-refractivity contribution is 7.07. The maximum atomic E-state index is 14.1. The number of carboxylic acid groups (broad SMARTS) is 1. The van der Waals surface area contributed by atoms with Gasteiger partial charge in [0, 0.05) is 17.2 Å². The summed E-state index contributed by atoms with van der Waals surface area (Å²) in [5.41, 5.74) is 6.05. The van der Waals surface area contributed by atoms with Crippen LogP contribution in [0.1, 0.15) is 45.3 Å². The summed E-state index contributed by atoms with van der Waals surface area (Å²) in [5, 5.41) is 9.19. The monoisotopic (exact) mass is 590 g/mol. The Bertz CT molecular complexity index is 2120. The Labute approximate surface area is 250 Å². The topological polar surface area (TPSA) is 103 Å². The number of aryl methyl sites for hydroxylation is 1. The molecule has 214 valence electrons. The minimum atomic E-state index is -0.987. The van der Waals surface area contributed by atoms with Crippen molar-refractivity contribution < 1.29 is 23.8 Å².